The van der Waals surface area contributed by atoms with E-state index in [-0.39, 0.29) is 0 Å². The van der Waals surface area contributed by atoms with E-state index in [4.69, 9.17) is 0 Å². The van der Waals surface area contributed by atoms with Crippen molar-refractivity contribution in [2.45, 2.75) is 69.0 Å². The molecule has 0 radical (unpaired) electrons. The first-order valence-corrected chi connectivity index (χ1v) is 9.65. The molecule has 2 saturated carbocycles. The summed E-state index contributed by atoms with van der Waals surface area (Å²) in [7, 11) is 4.21. The molecule has 1 aliphatic heterocycles. The topological polar surface area (TPSA) is 0 Å². The molecule has 3 aliphatic rings. The lowest BCUT2D eigenvalue weighted by Gasteiger charge is -2.44. The van der Waals surface area contributed by atoms with E-state index < -0.39 is 0 Å². The molecule has 0 unspecified atom stereocenters. The molecule has 0 nitrogen and oxygen atoms in total. The lowest BCUT2D eigenvalue weighted by atomic mass is 9.69. The van der Waals surface area contributed by atoms with Crippen molar-refractivity contribution < 1.29 is 0 Å². The maximum Gasteiger partial charge on any atom is 0.0510 e. The van der Waals surface area contributed by atoms with Gasteiger partial charge in [-0.1, -0.05) is 66.2 Å². The molecule has 0 saturated heterocycles. The van der Waals surface area contributed by atoms with Crippen molar-refractivity contribution in [1.82, 2.24) is 0 Å². The Labute approximate surface area is 114 Å². The normalized spacial score (nSPS) is 30.8. The molecular formula is C15H24S2. The molecule has 0 N–H and O–H groups in total. The monoisotopic (exact) mass is 268 g/mol. The number of hydrogen-bond donors (Lipinski definition) is 0. The van der Waals surface area contributed by atoms with Crippen LogP contribution in [0.3, 0.4) is 0 Å². The average molecular weight is 268 g/mol. The third-order valence-electron chi connectivity index (χ3n) is 5.06. The van der Waals surface area contributed by atoms with Gasteiger partial charge < -0.3 is 0 Å². The number of rotatable bonds is 2. The Kier molecular flexibility index (Phi) is 4.11. The van der Waals surface area contributed by atoms with Gasteiger partial charge in [0.2, 0.25) is 0 Å². The summed E-state index contributed by atoms with van der Waals surface area (Å²) in [5.74, 6) is 1.96. The Morgan fingerprint density at radius 1 is 0.765 bits per heavy atom. The van der Waals surface area contributed by atoms with Crippen LogP contribution in [0.25, 0.3) is 0 Å². The zero-order valence-electron chi connectivity index (χ0n) is 10.7. The van der Waals surface area contributed by atoms with Gasteiger partial charge in [-0.15, -0.1) is 0 Å². The zero-order chi connectivity index (χ0) is 11.6. The smallest absolute Gasteiger partial charge is 0.0510 e. The fourth-order valence-electron chi connectivity index (χ4n) is 4.12. The van der Waals surface area contributed by atoms with E-state index in [0.717, 1.165) is 11.8 Å². The molecule has 17 heavy (non-hydrogen) atoms. The van der Waals surface area contributed by atoms with E-state index in [1.807, 2.05) is 10.8 Å². The summed E-state index contributed by atoms with van der Waals surface area (Å²) < 4.78 is 0.533. The molecule has 0 amide bonds. The quantitative estimate of drug-likeness (QED) is 0.581. The van der Waals surface area contributed by atoms with Crippen LogP contribution in [0.1, 0.15) is 64.2 Å². The summed E-state index contributed by atoms with van der Waals surface area (Å²) in [5.41, 5.74) is 0. The Balaban J connectivity index is 1.78. The molecule has 3 rings (SSSR count). The fourth-order valence-corrected chi connectivity index (χ4v) is 7.39. The van der Waals surface area contributed by atoms with Crippen LogP contribution in [0, 0.1) is 11.8 Å². The predicted molar refractivity (Wildman–Crippen MR) is 80.2 cm³/mol. The summed E-state index contributed by atoms with van der Waals surface area (Å²) >= 11 is 0. The summed E-state index contributed by atoms with van der Waals surface area (Å²) in [6.45, 7) is 0. The maximum absolute atomic E-state index is 2.61. The molecule has 96 valence electrons. The van der Waals surface area contributed by atoms with Gasteiger partial charge >= 0.3 is 0 Å². The summed E-state index contributed by atoms with van der Waals surface area (Å²) in [5, 5.41) is 2.38. The van der Waals surface area contributed by atoms with E-state index >= 15 is 0 Å². The summed E-state index contributed by atoms with van der Waals surface area (Å²) in [6, 6.07) is 0. The highest BCUT2D eigenvalue weighted by atomic mass is 33.1. The minimum atomic E-state index is 0.533. The Bertz CT molecular complexity index is 255. The molecule has 0 spiro atoms. The SMILES string of the molecule is C1=CC(C2CCCCC2)(C2CCCCC2)SS1. The summed E-state index contributed by atoms with van der Waals surface area (Å²) in [6.07, 6.45) is 17.5. The van der Waals surface area contributed by atoms with Crippen molar-refractivity contribution in [2.24, 2.45) is 11.8 Å². The molecule has 0 bridgehead atoms. The van der Waals surface area contributed by atoms with E-state index in [9.17, 15) is 0 Å². The fraction of sp³-hybridized carbons (Fsp3) is 0.867. The van der Waals surface area contributed by atoms with Gasteiger partial charge in [-0.2, -0.15) is 0 Å². The lowest BCUT2D eigenvalue weighted by molar-refractivity contribution is 0.210. The van der Waals surface area contributed by atoms with Crippen LogP contribution in [-0.4, -0.2) is 4.75 Å². The second kappa shape index (κ2) is 5.61. The van der Waals surface area contributed by atoms with Gasteiger partial charge in [-0.05, 0) is 42.9 Å². The van der Waals surface area contributed by atoms with E-state index in [1.54, 1.807) is 0 Å². The maximum atomic E-state index is 2.61. The standard InChI is InChI=1S/C15H24S2/c1-3-7-13(8-4-1)15(11-12-16-17-15)14-9-5-2-6-10-14/h11-14H,1-10H2. The Morgan fingerprint density at radius 2 is 1.29 bits per heavy atom. The van der Waals surface area contributed by atoms with Crippen molar-refractivity contribution in [2.75, 3.05) is 0 Å². The highest BCUT2D eigenvalue weighted by Crippen LogP contribution is 2.58. The van der Waals surface area contributed by atoms with Crippen molar-refractivity contribution in [1.29, 1.82) is 0 Å². The first-order chi connectivity index (χ1) is 8.42. The van der Waals surface area contributed by atoms with Gasteiger partial charge in [0.1, 0.15) is 0 Å². The lowest BCUT2D eigenvalue weighted by Crippen LogP contribution is -2.40. The molecule has 0 aromatic carbocycles. The van der Waals surface area contributed by atoms with E-state index in [0.29, 0.717) is 4.75 Å². The van der Waals surface area contributed by atoms with E-state index in [1.165, 1.54) is 64.2 Å². The largest absolute Gasteiger partial charge is 0.0779 e. The molecule has 2 heteroatoms. The second-order valence-corrected chi connectivity index (χ2v) is 8.42. The minimum Gasteiger partial charge on any atom is -0.0779 e. The number of hydrogen-bond acceptors (Lipinski definition) is 2. The van der Waals surface area contributed by atoms with Gasteiger partial charge in [-0.25, -0.2) is 0 Å². The molecular weight excluding hydrogens is 244 g/mol. The van der Waals surface area contributed by atoms with Gasteiger partial charge in [0.25, 0.3) is 0 Å². The first kappa shape index (κ1) is 12.5. The van der Waals surface area contributed by atoms with Crippen LogP contribution < -0.4 is 0 Å². The van der Waals surface area contributed by atoms with Crippen molar-refractivity contribution in [3.63, 3.8) is 0 Å². The molecule has 0 aromatic rings. The molecule has 2 fully saturated rings. The van der Waals surface area contributed by atoms with Crippen molar-refractivity contribution in [3.8, 4) is 0 Å². The van der Waals surface area contributed by atoms with Gasteiger partial charge in [0.15, 0.2) is 0 Å². The predicted octanol–water partition coefficient (Wildman–Crippen LogP) is 5.79. The Morgan fingerprint density at radius 3 is 1.71 bits per heavy atom. The Hall–Kier alpha value is 0.440. The van der Waals surface area contributed by atoms with Gasteiger partial charge in [-0.3, -0.25) is 0 Å². The molecule has 2 aliphatic carbocycles. The van der Waals surface area contributed by atoms with Crippen LogP contribution in [0.2, 0.25) is 0 Å². The van der Waals surface area contributed by atoms with Crippen LogP contribution in [0.15, 0.2) is 11.5 Å². The van der Waals surface area contributed by atoms with E-state index in [2.05, 4.69) is 22.3 Å². The van der Waals surface area contributed by atoms with Crippen LogP contribution in [0.5, 0.6) is 0 Å². The van der Waals surface area contributed by atoms with Crippen molar-refractivity contribution >= 4 is 21.6 Å². The first-order valence-electron chi connectivity index (χ1n) is 7.44. The highest BCUT2D eigenvalue weighted by molar-refractivity contribution is 8.78. The summed E-state index contributed by atoms with van der Waals surface area (Å²) in [4.78, 5) is 0. The zero-order valence-corrected chi connectivity index (χ0v) is 12.3. The van der Waals surface area contributed by atoms with Crippen molar-refractivity contribution in [3.05, 3.63) is 11.5 Å². The van der Waals surface area contributed by atoms with Gasteiger partial charge in [0, 0.05) is 0 Å². The van der Waals surface area contributed by atoms with Gasteiger partial charge in [0.05, 0.1) is 4.75 Å². The average Bonchev–Trinajstić information content (AvgIpc) is 2.91. The third-order valence-corrected chi connectivity index (χ3v) is 7.99. The van der Waals surface area contributed by atoms with Crippen LogP contribution in [0.4, 0.5) is 0 Å². The molecule has 0 aromatic heterocycles. The highest BCUT2D eigenvalue weighted by Gasteiger charge is 2.46. The van der Waals surface area contributed by atoms with Crippen LogP contribution in [-0.2, 0) is 0 Å². The molecule has 1 heterocycles. The molecule has 0 atom stereocenters. The third kappa shape index (κ3) is 2.45. The minimum absolute atomic E-state index is 0.533. The second-order valence-electron chi connectivity index (χ2n) is 6.01. The van der Waals surface area contributed by atoms with Crippen LogP contribution >= 0.6 is 21.6 Å².